The molecule has 1 fully saturated rings. The van der Waals surface area contributed by atoms with Crippen molar-refractivity contribution in [2.45, 2.75) is 13.5 Å². The lowest BCUT2D eigenvalue weighted by atomic mass is 10.1. The van der Waals surface area contributed by atoms with Gasteiger partial charge < -0.3 is 5.21 Å². The van der Waals surface area contributed by atoms with Gasteiger partial charge in [0, 0.05) is 32.7 Å². The van der Waals surface area contributed by atoms with Crippen LogP contribution in [0.1, 0.15) is 11.1 Å². The van der Waals surface area contributed by atoms with Gasteiger partial charge in [-0.25, -0.2) is 4.39 Å². The second-order valence-electron chi connectivity index (χ2n) is 4.37. The fraction of sp³-hybridized carbons (Fsp3) is 0.500. The number of piperazine rings is 1. The van der Waals surface area contributed by atoms with Crippen molar-refractivity contribution in [2.75, 3.05) is 26.2 Å². The van der Waals surface area contributed by atoms with Gasteiger partial charge in [-0.1, -0.05) is 6.07 Å². The molecule has 0 spiro atoms. The van der Waals surface area contributed by atoms with Crippen LogP contribution >= 0.6 is 0 Å². The van der Waals surface area contributed by atoms with Crippen LogP contribution in [-0.4, -0.2) is 41.3 Å². The van der Waals surface area contributed by atoms with Crippen LogP contribution in [0.4, 0.5) is 4.39 Å². The summed E-state index contributed by atoms with van der Waals surface area (Å²) in [5.74, 6) is -0.171. The number of hydroxylamine groups is 2. The predicted octanol–water partition coefficient (Wildman–Crippen LogP) is 1.64. The Kier molecular flexibility index (Phi) is 3.53. The van der Waals surface area contributed by atoms with E-state index in [0.717, 1.165) is 30.8 Å². The maximum Gasteiger partial charge on any atom is 0.123 e. The summed E-state index contributed by atoms with van der Waals surface area (Å²) >= 11 is 0. The van der Waals surface area contributed by atoms with Crippen LogP contribution < -0.4 is 0 Å². The van der Waals surface area contributed by atoms with Crippen molar-refractivity contribution >= 4 is 0 Å². The molecule has 4 heteroatoms. The first kappa shape index (κ1) is 11.5. The van der Waals surface area contributed by atoms with Gasteiger partial charge in [-0.2, -0.15) is 5.06 Å². The van der Waals surface area contributed by atoms with E-state index in [1.54, 1.807) is 6.07 Å². The van der Waals surface area contributed by atoms with E-state index in [-0.39, 0.29) is 5.82 Å². The molecule has 1 aromatic carbocycles. The Balaban J connectivity index is 1.98. The Morgan fingerprint density at radius 3 is 2.50 bits per heavy atom. The highest BCUT2D eigenvalue weighted by atomic mass is 19.1. The molecule has 0 aromatic heterocycles. The van der Waals surface area contributed by atoms with Crippen molar-refractivity contribution in [2.24, 2.45) is 0 Å². The van der Waals surface area contributed by atoms with Crippen LogP contribution in [0.2, 0.25) is 0 Å². The van der Waals surface area contributed by atoms with E-state index in [1.807, 2.05) is 13.0 Å². The Morgan fingerprint density at radius 2 is 1.88 bits per heavy atom. The average Bonchev–Trinajstić information content (AvgIpc) is 2.20. The second-order valence-corrected chi connectivity index (χ2v) is 4.37. The maximum atomic E-state index is 13.2. The number of aryl methyl sites for hydroxylation is 1. The van der Waals surface area contributed by atoms with Crippen molar-refractivity contribution in [1.29, 1.82) is 0 Å². The molecule has 1 aliphatic rings. The van der Waals surface area contributed by atoms with Crippen LogP contribution in [0.25, 0.3) is 0 Å². The zero-order valence-corrected chi connectivity index (χ0v) is 9.49. The molecule has 2 rings (SSSR count). The number of rotatable bonds is 2. The monoisotopic (exact) mass is 224 g/mol. The minimum absolute atomic E-state index is 0.171. The molecular weight excluding hydrogens is 207 g/mol. The van der Waals surface area contributed by atoms with Crippen molar-refractivity contribution in [3.05, 3.63) is 35.1 Å². The lowest BCUT2D eigenvalue weighted by Crippen LogP contribution is -2.44. The first-order chi connectivity index (χ1) is 7.63. The normalized spacial score (nSPS) is 18.9. The summed E-state index contributed by atoms with van der Waals surface area (Å²) in [4.78, 5) is 2.22. The fourth-order valence-corrected chi connectivity index (χ4v) is 2.06. The molecule has 1 heterocycles. The molecule has 0 atom stereocenters. The second kappa shape index (κ2) is 4.91. The van der Waals surface area contributed by atoms with Crippen molar-refractivity contribution < 1.29 is 9.60 Å². The predicted molar refractivity (Wildman–Crippen MR) is 59.8 cm³/mol. The summed E-state index contributed by atoms with van der Waals surface area (Å²) in [7, 11) is 0. The van der Waals surface area contributed by atoms with Crippen LogP contribution in [0.5, 0.6) is 0 Å². The van der Waals surface area contributed by atoms with Gasteiger partial charge in [0.15, 0.2) is 0 Å². The Hall–Kier alpha value is -0.970. The molecule has 0 radical (unpaired) electrons. The minimum Gasteiger partial charge on any atom is -0.314 e. The smallest absolute Gasteiger partial charge is 0.123 e. The Labute approximate surface area is 95.0 Å². The third-order valence-electron chi connectivity index (χ3n) is 2.86. The number of hydrogen-bond acceptors (Lipinski definition) is 3. The van der Waals surface area contributed by atoms with E-state index in [2.05, 4.69) is 4.90 Å². The zero-order valence-electron chi connectivity index (χ0n) is 9.49. The molecule has 1 aromatic rings. The molecule has 0 saturated carbocycles. The van der Waals surface area contributed by atoms with Gasteiger partial charge in [0.05, 0.1) is 0 Å². The van der Waals surface area contributed by atoms with Crippen LogP contribution in [0, 0.1) is 12.7 Å². The molecule has 0 amide bonds. The summed E-state index contributed by atoms with van der Waals surface area (Å²) in [6, 6.07) is 5.13. The lowest BCUT2D eigenvalue weighted by Gasteiger charge is -2.31. The third kappa shape index (κ3) is 3.01. The van der Waals surface area contributed by atoms with Crippen molar-refractivity contribution in [3.63, 3.8) is 0 Å². The van der Waals surface area contributed by atoms with Gasteiger partial charge in [0.1, 0.15) is 5.82 Å². The highest BCUT2D eigenvalue weighted by molar-refractivity contribution is 5.23. The Morgan fingerprint density at radius 1 is 1.19 bits per heavy atom. The highest BCUT2D eigenvalue weighted by Gasteiger charge is 2.15. The SMILES string of the molecule is Cc1cc(F)cc(CN2CCN(O)CC2)c1. The van der Waals surface area contributed by atoms with Gasteiger partial charge in [0.2, 0.25) is 0 Å². The third-order valence-corrected chi connectivity index (χ3v) is 2.86. The van der Waals surface area contributed by atoms with Gasteiger partial charge in [-0.15, -0.1) is 0 Å². The standard InChI is InChI=1S/C12H17FN2O/c1-10-6-11(8-12(13)7-10)9-14-2-4-15(16)5-3-14/h6-8,16H,2-5,9H2,1H3. The molecule has 1 aliphatic heterocycles. The topological polar surface area (TPSA) is 26.7 Å². The lowest BCUT2D eigenvalue weighted by molar-refractivity contribution is -0.118. The summed E-state index contributed by atoms with van der Waals surface area (Å²) in [6.45, 7) is 5.63. The van der Waals surface area contributed by atoms with Gasteiger partial charge >= 0.3 is 0 Å². The van der Waals surface area contributed by atoms with E-state index in [0.29, 0.717) is 13.1 Å². The van der Waals surface area contributed by atoms with Crippen molar-refractivity contribution in [1.82, 2.24) is 9.96 Å². The molecule has 0 aliphatic carbocycles. The first-order valence-corrected chi connectivity index (χ1v) is 5.56. The van der Waals surface area contributed by atoms with E-state index < -0.39 is 0 Å². The number of benzene rings is 1. The molecule has 16 heavy (non-hydrogen) atoms. The van der Waals surface area contributed by atoms with E-state index in [9.17, 15) is 9.60 Å². The average molecular weight is 224 g/mol. The van der Waals surface area contributed by atoms with Crippen LogP contribution in [-0.2, 0) is 6.54 Å². The Bertz CT molecular complexity index is 342. The van der Waals surface area contributed by atoms with E-state index >= 15 is 0 Å². The van der Waals surface area contributed by atoms with E-state index in [1.165, 1.54) is 11.1 Å². The molecule has 0 bridgehead atoms. The number of nitrogens with zero attached hydrogens (tertiary/aromatic N) is 2. The van der Waals surface area contributed by atoms with Crippen LogP contribution in [0.15, 0.2) is 18.2 Å². The van der Waals surface area contributed by atoms with Gasteiger partial charge in [-0.05, 0) is 30.2 Å². The number of halogens is 1. The summed E-state index contributed by atoms with van der Waals surface area (Å²) in [6.07, 6.45) is 0. The molecule has 1 N–H and O–H groups in total. The zero-order chi connectivity index (χ0) is 11.5. The van der Waals surface area contributed by atoms with E-state index in [4.69, 9.17) is 0 Å². The summed E-state index contributed by atoms with van der Waals surface area (Å²) in [5, 5.41) is 10.6. The highest BCUT2D eigenvalue weighted by Crippen LogP contribution is 2.12. The van der Waals surface area contributed by atoms with Gasteiger partial charge in [0.25, 0.3) is 0 Å². The van der Waals surface area contributed by atoms with Gasteiger partial charge in [-0.3, -0.25) is 4.90 Å². The molecular formula is C12H17FN2O. The molecule has 3 nitrogen and oxygen atoms in total. The molecule has 1 saturated heterocycles. The summed E-state index contributed by atoms with van der Waals surface area (Å²) in [5.41, 5.74) is 1.96. The maximum absolute atomic E-state index is 13.2. The quantitative estimate of drug-likeness (QED) is 0.827. The molecule has 88 valence electrons. The van der Waals surface area contributed by atoms with Crippen LogP contribution in [0.3, 0.4) is 0 Å². The largest absolute Gasteiger partial charge is 0.314 e. The van der Waals surface area contributed by atoms with Crippen molar-refractivity contribution in [3.8, 4) is 0 Å². The number of hydrogen-bond donors (Lipinski definition) is 1. The fourth-order valence-electron chi connectivity index (χ4n) is 2.06. The molecule has 0 unspecified atom stereocenters. The summed E-state index contributed by atoms with van der Waals surface area (Å²) < 4.78 is 13.2. The minimum atomic E-state index is -0.171. The first-order valence-electron chi connectivity index (χ1n) is 5.56.